The smallest absolute Gasteiger partial charge is 0.214 e. The molecule has 0 bridgehead atoms. The molecule has 0 aliphatic heterocycles. The van der Waals surface area contributed by atoms with Gasteiger partial charge in [-0.15, -0.1) is 0 Å². The lowest BCUT2D eigenvalue weighted by molar-refractivity contribution is 0.127. The maximum Gasteiger partial charge on any atom is 0.214 e. The van der Waals surface area contributed by atoms with Crippen LogP contribution in [0.1, 0.15) is 59.8 Å². The average molecular weight is 305 g/mol. The fourth-order valence-electron chi connectivity index (χ4n) is 3.10. The summed E-state index contributed by atoms with van der Waals surface area (Å²) in [5, 5.41) is 0. The van der Waals surface area contributed by atoms with Crippen molar-refractivity contribution in [3.8, 4) is 0 Å². The first-order valence-electron chi connectivity index (χ1n) is 7.69. The van der Waals surface area contributed by atoms with Crippen molar-refractivity contribution in [3.05, 3.63) is 0 Å². The van der Waals surface area contributed by atoms with Crippen molar-refractivity contribution in [2.45, 2.75) is 65.3 Å². The van der Waals surface area contributed by atoms with Gasteiger partial charge in [-0.1, -0.05) is 40.5 Å². The zero-order chi connectivity index (χ0) is 15.6. The minimum Gasteiger partial charge on any atom is -0.329 e. The molecule has 1 aliphatic rings. The molecule has 0 heterocycles. The van der Waals surface area contributed by atoms with Gasteiger partial charge in [-0.3, -0.25) is 0 Å². The Balaban J connectivity index is 2.87. The van der Waals surface area contributed by atoms with Gasteiger partial charge in [0.25, 0.3) is 0 Å². The first kappa shape index (κ1) is 17.9. The maximum absolute atomic E-state index is 12.6. The highest BCUT2D eigenvalue weighted by molar-refractivity contribution is 7.89. The lowest BCUT2D eigenvalue weighted by atomic mass is 9.76. The Labute approximate surface area is 125 Å². The number of rotatable bonds is 5. The van der Waals surface area contributed by atoms with Gasteiger partial charge in [0, 0.05) is 19.1 Å². The van der Waals surface area contributed by atoms with Crippen LogP contribution in [0.2, 0.25) is 0 Å². The molecule has 0 spiro atoms. The molecule has 0 aromatic heterocycles. The predicted molar refractivity (Wildman–Crippen MR) is 85.0 cm³/mol. The van der Waals surface area contributed by atoms with Gasteiger partial charge in [-0.2, -0.15) is 4.31 Å². The third kappa shape index (κ3) is 4.43. The zero-order valence-electron chi connectivity index (χ0n) is 13.8. The van der Waals surface area contributed by atoms with Crippen molar-refractivity contribution in [3.63, 3.8) is 0 Å². The Bertz CT molecular complexity index is 414. The summed E-state index contributed by atoms with van der Waals surface area (Å²) in [5.41, 5.74) is 5.64. The van der Waals surface area contributed by atoms with Gasteiger partial charge in [-0.05, 0) is 30.6 Å². The summed E-state index contributed by atoms with van der Waals surface area (Å²) in [7, 11) is -1.51. The van der Waals surface area contributed by atoms with Gasteiger partial charge in [0.15, 0.2) is 0 Å². The highest BCUT2D eigenvalue weighted by Crippen LogP contribution is 2.37. The first-order valence-corrected chi connectivity index (χ1v) is 9.30. The quantitative estimate of drug-likeness (QED) is 0.849. The van der Waals surface area contributed by atoms with Crippen LogP contribution in [0.5, 0.6) is 0 Å². The predicted octanol–water partition coefficient (Wildman–Crippen LogP) is 2.59. The summed E-state index contributed by atoms with van der Waals surface area (Å²) in [5.74, 6) is 0.760. The van der Waals surface area contributed by atoms with Gasteiger partial charge < -0.3 is 5.73 Å². The molecule has 0 saturated heterocycles. The van der Waals surface area contributed by atoms with E-state index in [4.69, 9.17) is 5.73 Å². The highest BCUT2D eigenvalue weighted by Gasteiger charge is 2.42. The Morgan fingerprint density at radius 1 is 1.35 bits per heavy atom. The molecule has 0 aromatic rings. The summed E-state index contributed by atoms with van der Waals surface area (Å²) in [6.45, 7) is 8.83. The molecule has 1 rings (SSSR count). The molecule has 1 fully saturated rings. The molecule has 0 amide bonds. The second-order valence-electron chi connectivity index (χ2n) is 7.72. The molecule has 120 valence electrons. The molecule has 2 atom stereocenters. The monoisotopic (exact) mass is 304 g/mol. The van der Waals surface area contributed by atoms with E-state index in [-0.39, 0.29) is 16.7 Å². The van der Waals surface area contributed by atoms with E-state index in [1.54, 1.807) is 11.4 Å². The Morgan fingerprint density at radius 2 is 1.95 bits per heavy atom. The summed E-state index contributed by atoms with van der Waals surface area (Å²) < 4.78 is 26.8. The molecule has 2 unspecified atom stereocenters. The molecular formula is C15H32N2O2S. The first-order chi connectivity index (χ1) is 9.02. The van der Waals surface area contributed by atoms with Crippen LogP contribution >= 0.6 is 0 Å². The van der Waals surface area contributed by atoms with Crippen molar-refractivity contribution >= 4 is 10.0 Å². The average Bonchev–Trinajstić information content (AvgIpc) is 2.34. The Hall–Kier alpha value is -0.130. The lowest BCUT2D eigenvalue weighted by Gasteiger charge is -2.45. The van der Waals surface area contributed by atoms with Crippen molar-refractivity contribution in [1.29, 1.82) is 0 Å². The summed E-state index contributed by atoms with van der Waals surface area (Å²) in [6, 6.07) is 0. The summed E-state index contributed by atoms with van der Waals surface area (Å²) in [4.78, 5) is 0. The van der Waals surface area contributed by atoms with Gasteiger partial charge >= 0.3 is 0 Å². The summed E-state index contributed by atoms with van der Waals surface area (Å²) in [6.07, 6.45) is 4.69. The molecule has 5 heteroatoms. The van der Waals surface area contributed by atoms with Crippen LogP contribution in [0, 0.1) is 11.3 Å². The van der Waals surface area contributed by atoms with Crippen LogP contribution in [0.4, 0.5) is 0 Å². The maximum atomic E-state index is 12.6. The van der Waals surface area contributed by atoms with Crippen molar-refractivity contribution in [2.75, 3.05) is 19.3 Å². The topological polar surface area (TPSA) is 63.4 Å². The normalized spacial score (nSPS) is 28.9. The largest absolute Gasteiger partial charge is 0.329 e. The third-order valence-electron chi connectivity index (χ3n) is 4.64. The molecular weight excluding hydrogens is 272 g/mol. The molecule has 2 N–H and O–H groups in total. The Kier molecular flexibility index (Phi) is 5.67. The number of hydrogen-bond donors (Lipinski definition) is 1. The molecule has 0 aromatic carbocycles. The second kappa shape index (κ2) is 6.32. The van der Waals surface area contributed by atoms with Crippen LogP contribution in [-0.2, 0) is 10.0 Å². The lowest BCUT2D eigenvalue weighted by Crippen LogP contribution is -2.57. The number of likely N-dealkylation sites (N-methyl/N-ethyl adjacent to an activating group) is 1. The molecule has 20 heavy (non-hydrogen) atoms. The zero-order valence-corrected chi connectivity index (χ0v) is 14.6. The molecule has 1 aliphatic carbocycles. The van der Waals surface area contributed by atoms with Gasteiger partial charge in [0.2, 0.25) is 10.0 Å². The van der Waals surface area contributed by atoms with E-state index in [1.165, 1.54) is 6.42 Å². The number of hydrogen-bond acceptors (Lipinski definition) is 3. The minimum absolute atomic E-state index is 0.0314. The van der Waals surface area contributed by atoms with E-state index in [1.807, 2.05) is 0 Å². The SMILES string of the molecule is CC1CCCC(CN)(N(C)S(=O)(=O)CCC(C)(C)C)C1. The fraction of sp³-hybridized carbons (Fsp3) is 1.00. The molecule has 1 saturated carbocycles. The van der Waals surface area contributed by atoms with Gasteiger partial charge in [0.05, 0.1) is 5.75 Å². The van der Waals surface area contributed by atoms with Gasteiger partial charge in [-0.25, -0.2) is 8.42 Å². The molecule has 4 nitrogen and oxygen atoms in total. The number of nitrogens with zero attached hydrogens (tertiary/aromatic N) is 1. The van der Waals surface area contributed by atoms with E-state index in [0.29, 0.717) is 18.9 Å². The summed E-state index contributed by atoms with van der Waals surface area (Å²) >= 11 is 0. The molecule has 0 radical (unpaired) electrons. The second-order valence-corrected chi connectivity index (χ2v) is 9.84. The van der Waals surface area contributed by atoms with Crippen LogP contribution in [0.3, 0.4) is 0 Å². The van der Waals surface area contributed by atoms with E-state index in [9.17, 15) is 8.42 Å². The Morgan fingerprint density at radius 3 is 2.40 bits per heavy atom. The van der Waals surface area contributed by atoms with Gasteiger partial charge in [0.1, 0.15) is 0 Å². The van der Waals surface area contributed by atoms with Crippen LogP contribution in [-0.4, -0.2) is 37.6 Å². The van der Waals surface area contributed by atoms with Crippen molar-refractivity contribution in [2.24, 2.45) is 17.1 Å². The standard InChI is InChI=1S/C15H32N2O2S/c1-13-7-6-8-15(11-13,12-16)17(5)20(18,19)10-9-14(2,3)4/h13H,6-12,16H2,1-5H3. The third-order valence-corrected chi connectivity index (χ3v) is 6.58. The highest BCUT2D eigenvalue weighted by atomic mass is 32.2. The van der Waals surface area contributed by atoms with Crippen molar-refractivity contribution in [1.82, 2.24) is 4.31 Å². The van der Waals surface area contributed by atoms with E-state index in [0.717, 1.165) is 19.3 Å². The van der Waals surface area contributed by atoms with Crippen LogP contribution < -0.4 is 5.73 Å². The van der Waals surface area contributed by atoms with E-state index in [2.05, 4.69) is 27.7 Å². The van der Waals surface area contributed by atoms with Crippen LogP contribution in [0.15, 0.2) is 0 Å². The van der Waals surface area contributed by atoms with E-state index >= 15 is 0 Å². The minimum atomic E-state index is -3.23. The van der Waals surface area contributed by atoms with E-state index < -0.39 is 10.0 Å². The van der Waals surface area contributed by atoms with Crippen molar-refractivity contribution < 1.29 is 8.42 Å². The number of nitrogens with two attached hydrogens (primary N) is 1. The number of sulfonamides is 1. The fourth-order valence-corrected chi connectivity index (χ4v) is 5.07. The van der Waals surface area contributed by atoms with Crippen LogP contribution in [0.25, 0.3) is 0 Å².